The van der Waals surface area contributed by atoms with E-state index in [0.717, 1.165) is 18.6 Å². The van der Waals surface area contributed by atoms with E-state index < -0.39 is 0 Å². The lowest BCUT2D eigenvalue weighted by Gasteiger charge is -2.44. The standard InChI is InChI=1S/C17H28N2O2/c1-12-6-5-9-17(11-12,21-4)16(19-18)15-8-7-14(20-3)10-13(15)2/h7-8,10,12,16,19H,5-6,9,11,18H2,1-4H3. The average Bonchev–Trinajstić information content (AvgIpc) is 2.49. The quantitative estimate of drug-likeness (QED) is 0.647. The third kappa shape index (κ3) is 3.23. The summed E-state index contributed by atoms with van der Waals surface area (Å²) in [5, 5.41) is 0. The molecule has 2 rings (SSSR count). The zero-order valence-electron chi connectivity index (χ0n) is 13.6. The van der Waals surface area contributed by atoms with E-state index in [2.05, 4.69) is 31.4 Å². The number of methoxy groups -OCH3 is 2. The zero-order valence-corrected chi connectivity index (χ0v) is 13.6. The summed E-state index contributed by atoms with van der Waals surface area (Å²) < 4.78 is 11.3. The molecule has 4 heteroatoms. The first-order valence-corrected chi connectivity index (χ1v) is 7.72. The number of hydrazine groups is 1. The van der Waals surface area contributed by atoms with E-state index in [-0.39, 0.29) is 11.6 Å². The van der Waals surface area contributed by atoms with Gasteiger partial charge in [-0.1, -0.05) is 25.8 Å². The molecule has 3 N–H and O–H groups in total. The van der Waals surface area contributed by atoms with Gasteiger partial charge < -0.3 is 9.47 Å². The van der Waals surface area contributed by atoms with Gasteiger partial charge in [-0.05, 0) is 48.9 Å². The van der Waals surface area contributed by atoms with Crippen LogP contribution in [0.4, 0.5) is 0 Å². The fourth-order valence-corrected chi connectivity index (χ4v) is 3.73. The second-order valence-electron chi connectivity index (χ2n) is 6.29. The van der Waals surface area contributed by atoms with Crippen LogP contribution in [0.25, 0.3) is 0 Å². The monoisotopic (exact) mass is 292 g/mol. The molecule has 0 heterocycles. The molecule has 0 aliphatic heterocycles. The first-order chi connectivity index (χ1) is 10.1. The normalized spacial score (nSPS) is 27.4. The zero-order chi connectivity index (χ0) is 15.5. The van der Waals surface area contributed by atoms with Gasteiger partial charge in [-0.2, -0.15) is 0 Å². The molecule has 4 nitrogen and oxygen atoms in total. The number of aryl methyl sites for hydroxylation is 1. The molecule has 0 amide bonds. The van der Waals surface area contributed by atoms with Crippen LogP contribution >= 0.6 is 0 Å². The van der Waals surface area contributed by atoms with Gasteiger partial charge in [0, 0.05) is 7.11 Å². The van der Waals surface area contributed by atoms with Crippen molar-refractivity contribution in [3.05, 3.63) is 29.3 Å². The summed E-state index contributed by atoms with van der Waals surface area (Å²) in [6.07, 6.45) is 4.52. The topological polar surface area (TPSA) is 56.5 Å². The molecule has 118 valence electrons. The number of ether oxygens (including phenoxy) is 2. The van der Waals surface area contributed by atoms with Crippen molar-refractivity contribution in [3.63, 3.8) is 0 Å². The second kappa shape index (κ2) is 6.77. The van der Waals surface area contributed by atoms with E-state index in [1.165, 1.54) is 24.0 Å². The number of nitrogens with one attached hydrogen (secondary N) is 1. The van der Waals surface area contributed by atoms with Crippen LogP contribution < -0.4 is 16.0 Å². The molecule has 3 unspecified atom stereocenters. The predicted molar refractivity (Wildman–Crippen MR) is 85.2 cm³/mol. The van der Waals surface area contributed by atoms with E-state index in [1.54, 1.807) is 14.2 Å². The highest BCUT2D eigenvalue weighted by Crippen LogP contribution is 2.43. The molecule has 0 radical (unpaired) electrons. The van der Waals surface area contributed by atoms with Gasteiger partial charge in [0.2, 0.25) is 0 Å². The van der Waals surface area contributed by atoms with Crippen LogP contribution in [0, 0.1) is 12.8 Å². The maximum atomic E-state index is 5.99. The van der Waals surface area contributed by atoms with Crippen LogP contribution in [-0.2, 0) is 4.74 Å². The van der Waals surface area contributed by atoms with Gasteiger partial charge in [-0.25, -0.2) is 0 Å². The largest absolute Gasteiger partial charge is 0.497 e. The number of hydrogen-bond donors (Lipinski definition) is 2. The van der Waals surface area contributed by atoms with Crippen molar-refractivity contribution in [2.45, 2.75) is 51.2 Å². The van der Waals surface area contributed by atoms with Crippen molar-refractivity contribution in [1.29, 1.82) is 0 Å². The summed E-state index contributed by atoms with van der Waals surface area (Å²) in [5.74, 6) is 7.45. The summed E-state index contributed by atoms with van der Waals surface area (Å²) >= 11 is 0. The number of benzene rings is 1. The highest BCUT2D eigenvalue weighted by molar-refractivity contribution is 5.38. The van der Waals surface area contributed by atoms with Gasteiger partial charge in [0.15, 0.2) is 0 Å². The Morgan fingerprint density at radius 3 is 2.67 bits per heavy atom. The van der Waals surface area contributed by atoms with Crippen molar-refractivity contribution in [3.8, 4) is 5.75 Å². The third-order valence-electron chi connectivity index (χ3n) is 4.88. The molecule has 21 heavy (non-hydrogen) atoms. The van der Waals surface area contributed by atoms with Gasteiger partial charge in [0.1, 0.15) is 5.75 Å². The van der Waals surface area contributed by atoms with Crippen LogP contribution in [0.1, 0.15) is 49.8 Å². The lowest BCUT2D eigenvalue weighted by atomic mass is 9.72. The van der Waals surface area contributed by atoms with E-state index in [1.807, 2.05) is 6.07 Å². The summed E-state index contributed by atoms with van der Waals surface area (Å²) in [6.45, 7) is 4.39. The van der Waals surface area contributed by atoms with Crippen LogP contribution in [0.3, 0.4) is 0 Å². The molecular formula is C17H28N2O2. The van der Waals surface area contributed by atoms with Crippen LogP contribution in [0.2, 0.25) is 0 Å². The number of rotatable bonds is 5. The Hall–Kier alpha value is -1.10. The summed E-state index contributed by atoms with van der Waals surface area (Å²) in [6, 6.07) is 6.13. The van der Waals surface area contributed by atoms with Crippen molar-refractivity contribution in [2.24, 2.45) is 11.8 Å². The Balaban J connectivity index is 2.37. The van der Waals surface area contributed by atoms with Gasteiger partial charge in [0.25, 0.3) is 0 Å². The van der Waals surface area contributed by atoms with Gasteiger partial charge >= 0.3 is 0 Å². The van der Waals surface area contributed by atoms with Crippen molar-refractivity contribution >= 4 is 0 Å². The molecule has 0 saturated heterocycles. The summed E-state index contributed by atoms with van der Waals surface area (Å²) in [7, 11) is 3.49. The van der Waals surface area contributed by atoms with Crippen molar-refractivity contribution < 1.29 is 9.47 Å². The molecule has 1 fully saturated rings. The van der Waals surface area contributed by atoms with E-state index >= 15 is 0 Å². The highest BCUT2D eigenvalue weighted by Gasteiger charge is 2.43. The molecule has 3 atom stereocenters. The molecule has 1 saturated carbocycles. The fourth-order valence-electron chi connectivity index (χ4n) is 3.73. The molecule has 0 bridgehead atoms. The van der Waals surface area contributed by atoms with Crippen LogP contribution in [0.15, 0.2) is 18.2 Å². The average molecular weight is 292 g/mol. The maximum Gasteiger partial charge on any atom is 0.119 e. The molecular weight excluding hydrogens is 264 g/mol. The lowest BCUT2D eigenvalue weighted by Crippen LogP contribution is -2.50. The molecule has 0 spiro atoms. The van der Waals surface area contributed by atoms with Crippen molar-refractivity contribution in [1.82, 2.24) is 5.43 Å². The first-order valence-electron chi connectivity index (χ1n) is 7.72. The summed E-state index contributed by atoms with van der Waals surface area (Å²) in [5.41, 5.74) is 5.14. The van der Waals surface area contributed by atoms with Crippen molar-refractivity contribution in [2.75, 3.05) is 14.2 Å². The minimum absolute atomic E-state index is 0.00356. The Morgan fingerprint density at radius 2 is 2.14 bits per heavy atom. The summed E-state index contributed by atoms with van der Waals surface area (Å²) in [4.78, 5) is 0. The smallest absolute Gasteiger partial charge is 0.119 e. The van der Waals surface area contributed by atoms with E-state index in [4.69, 9.17) is 15.3 Å². The predicted octanol–water partition coefficient (Wildman–Crippen LogP) is 3.10. The Kier molecular flexibility index (Phi) is 5.25. The Morgan fingerprint density at radius 1 is 1.38 bits per heavy atom. The Labute approximate surface area is 128 Å². The highest BCUT2D eigenvalue weighted by atomic mass is 16.5. The maximum absolute atomic E-state index is 5.99. The number of hydrogen-bond acceptors (Lipinski definition) is 4. The Bertz CT molecular complexity index is 478. The first kappa shape index (κ1) is 16.3. The fraction of sp³-hybridized carbons (Fsp3) is 0.647. The van der Waals surface area contributed by atoms with E-state index in [9.17, 15) is 0 Å². The SMILES string of the molecule is COc1ccc(C(NN)C2(OC)CCCC(C)C2)c(C)c1. The second-order valence-corrected chi connectivity index (χ2v) is 6.29. The van der Waals surface area contributed by atoms with Gasteiger partial charge in [0.05, 0.1) is 18.8 Å². The molecule has 1 aliphatic carbocycles. The minimum Gasteiger partial charge on any atom is -0.497 e. The van der Waals surface area contributed by atoms with Gasteiger partial charge in [-0.15, -0.1) is 0 Å². The number of nitrogens with two attached hydrogens (primary N) is 1. The van der Waals surface area contributed by atoms with Crippen LogP contribution in [-0.4, -0.2) is 19.8 Å². The molecule has 1 aliphatic rings. The van der Waals surface area contributed by atoms with Crippen LogP contribution in [0.5, 0.6) is 5.75 Å². The van der Waals surface area contributed by atoms with Gasteiger partial charge in [-0.3, -0.25) is 11.3 Å². The third-order valence-corrected chi connectivity index (χ3v) is 4.88. The van der Waals surface area contributed by atoms with E-state index in [0.29, 0.717) is 5.92 Å². The molecule has 0 aromatic heterocycles. The lowest BCUT2D eigenvalue weighted by molar-refractivity contribution is -0.0807. The molecule has 1 aromatic rings. The molecule has 1 aromatic carbocycles. The minimum atomic E-state index is -0.230.